The smallest absolute Gasteiger partial charge is 0.337 e. The van der Waals surface area contributed by atoms with Gasteiger partial charge >= 0.3 is 5.97 Å². The number of carbonyl (C=O) groups excluding carboxylic acids is 1. The Labute approximate surface area is 141 Å². The van der Waals surface area contributed by atoms with Gasteiger partial charge in [0.05, 0.1) is 36.1 Å². The first-order chi connectivity index (χ1) is 11.4. The average Bonchev–Trinajstić information content (AvgIpc) is 2.53. The summed E-state index contributed by atoms with van der Waals surface area (Å²) in [6, 6.07) is 5.81. The molecular weight excluding hydrogens is 341 g/mol. The maximum atomic E-state index is 13.1. The molecule has 0 heterocycles. The normalized spacial score (nSPS) is 10.2. The molecule has 126 valence electrons. The number of carboxylic acids is 1. The summed E-state index contributed by atoms with van der Waals surface area (Å²) in [7, 11) is 2.74. The topological polar surface area (TPSA) is 84.9 Å². The van der Waals surface area contributed by atoms with Crippen LogP contribution in [0.4, 0.5) is 10.1 Å². The standard InChI is InChI=1S/C16H13ClFNO5/c1-23-13-6-10(16(21)22)12(7-14(13)24-2)19-15(20)9-4-3-8(18)5-11(9)17/h3-7H,1-2H3,(H,19,20)(H,21,22). The summed E-state index contributed by atoms with van der Waals surface area (Å²) in [5.41, 5.74) is -0.200. The number of hydrogen-bond donors (Lipinski definition) is 2. The van der Waals surface area contributed by atoms with Gasteiger partial charge in [0.25, 0.3) is 5.91 Å². The molecule has 2 aromatic carbocycles. The molecule has 2 rings (SSSR count). The van der Waals surface area contributed by atoms with Gasteiger partial charge < -0.3 is 19.9 Å². The Morgan fingerprint density at radius 3 is 2.25 bits per heavy atom. The minimum atomic E-state index is -1.27. The van der Waals surface area contributed by atoms with Crippen molar-refractivity contribution in [1.29, 1.82) is 0 Å². The molecular formula is C16H13ClFNO5. The van der Waals surface area contributed by atoms with Gasteiger partial charge in [-0.15, -0.1) is 0 Å². The number of benzene rings is 2. The zero-order valence-corrected chi connectivity index (χ0v) is 13.5. The number of ether oxygens (including phenoxy) is 2. The van der Waals surface area contributed by atoms with Gasteiger partial charge in [0, 0.05) is 12.1 Å². The quantitative estimate of drug-likeness (QED) is 0.860. The fourth-order valence-corrected chi connectivity index (χ4v) is 2.28. The number of carbonyl (C=O) groups is 2. The van der Waals surface area contributed by atoms with Gasteiger partial charge in [-0.2, -0.15) is 0 Å². The van der Waals surface area contributed by atoms with Gasteiger partial charge in [-0.05, 0) is 18.2 Å². The van der Waals surface area contributed by atoms with E-state index in [-0.39, 0.29) is 33.3 Å². The zero-order chi connectivity index (χ0) is 17.9. The first kappa shape index (κ1) is 17.6. The summed E-state index contributed by atoms with van der Waals surface area (Å²) in [5, 5.41) is 11.6. The van der Waals surface area contributed by atoms with Crippen LogP contribution in [0.5, 0.6) is 11.5 Å². The molecule has 0 saturated carbocycles. The highest BCUT2D eigenvalue weighted by Gasteiger charge is 2.19. The van der Waals surface area contributed by atoms with Gasteiger partial charge in [-0.3, -0.25) is 4.79 Å². The third-order valence-electron chi connectivity index (χ3n) is 3.18. The summed E-state index contributed by atoms with van der Waals surface area (Å²) < 4.78 is 23.2. The van der Waals surface area contributed by atoms with Crippen LogP contribution in [-0.2, 0) is 0 Å². The Balaban J connectivity index is 2.44. The van der Waals surface area contributed by atoms with Crippen LogP contribution in [0.2, 0.25) is 5.02 Å². The molecule has 0 bridgehead atoms. The molecule has 6 nitrogen and oxygen atoms in total. The van der Waals surface area contributed by atoms with Gasteiger partial charge in [0.2, 0.25) is 0 Å². The van der Waals surface area contributed by atoms with E-state index in [1.54, 1.807) is 0 Å². The molecule has 2 aromatic rings. The number of halogens is 2. The van der Waals surface area contributed by atoms with Crippen molar-refractivity contribution in [3.63, 3.8) is 0 Å². The van der Waals surface area contributed by atoms with E-state index in [1.165, 1.54) is 32.4 Å². The van der Waals surface area contributed by atoms with Crippen molar-refractivity contribution in [2.24, 2.45) is 0 Å². The van der Waals surface area contributed by atoms with Crippen LogP contribution >= 0.6 is 11.6 Å². The molecule has 0 aromatic heterocycles. The van der Waals surface area contributed by atoms with Crippen LogP contribution in [0.3, 0.4) is 0 Å². The van der Waals surface area contributed by atoms with E-state index in [2.05, 4.69) is 5.32 Å². The van der Waals surface area contributed by atoms with Gasteiger partial charge in [0.15, 0.2) is 11.5 Å². The van der Waals surface area contributed by atoms with Crippen molar-refractivity contribution in [2.45, 2.75) is 0 Å². The molecule has 0 aliphatic carbocycles. The van der Waals surface area contributed by atoms with Crippen LogP contribution in [0.25, 0.3) is 0 Å². The number of aromatic carboxylic acids is 1. The summed E-state index contributed by atoms with van der Waals surface area (Å²) in [6.07, 6.45) is 0. The lowest BCUT2D eigenvalue weighted by molar-refractivity contribution is 0.0697. The van der Waals surface area contributed by atoms with E-state index in [4.69, 9.17) is 21.1 Å². The summed E-state index contributed by atoms with van der Waals surface area (Å²) in [5.74, 6) is -2.10. The molecule has 1 amide bonds. The second-order valence-corrected chi connectivity index (χ2v) is 5.04. The van der Waals surface area contributed by atoms with Gasteiger partial charge in [0.1, 0.15) is 5.82 Å². The lowest BCUT2D eigenvalue weighted by atomic mass is 10.1. The van der Waals surface area contributed by atoms with E-state index in [1.807, 2.05) is 0 Å². The Hall–Kier alpha value is -2.80. The maximum absolute atomic E-state index is 13.1. The Bertz CT molecular complexity index is 809. The van der Waals surface area contributed by atoms with E-state index in [0.717, 1.165) is 12.1 Å². The fourth-order valence-electron chi connectivity index (χ4n) is 2.02. The van der Waals surface area contributed by atoms with Crippen LogP contribution in [0, 0.1) is 5.82 Å². The molecule has 0 saturated heterocycles. The van der Waals surface area contributed by atoms with Crippen molar-refractivity contribution < 1.29 is 28.6 Å². The number of anilines is 1. The second-order valence-electron chi connectivity index (χ2n) is 4.64. The molecule has 2 N–H and O–H groups in total. The van der Waals surface area contributed by atoms with E-state index < -0.39 is 17.7 Å². The van der Waals surface area contributed by atoms with Crippen molar-refractivity contribution >= 4 is 29.2 Å². The molecule has 8 heteroatoms. The summed E-state index contributed by atoms with van der Waals surface area (Å²) in [4.78, 5) is 23.7. The fraction of sp³-hybridized carbons (Fsp3) is 0.125. The molecule has 0 atom stereocenters. The Morgan fingerprint density at radius 2 is 1.71 bits per heavy atom. The van der Waals surface area contributed by atoms with Gasteiger partial charge in [-0.25, -0.2) is 9.18 Å². The highest BCUT2D eigenvalue weighted by atomic mass is 35.5. The van der Waals surface area contributed by atoms with Crippen molar-refractivity contribution in [3.8, 4) is 11.5 Å². The van der Waals surface area contributed by atoms with Gasteiger partial charge in [-0.1, -0.05) is 11.6 Å². The Kier molecular flexibility index (Phi) is 5.25. The third-order valence-corrected chi connectivity index (χ3v) is 3.49. The predicted octanol–water partition coefficient (Wildman–Crippen LogP) is 3.45. The lowest BCUT2D eigenvalue weighted by Crippen LogP contribution is -2.15. The maximum Gasteiger partial charge on any atom is 0.337 e. The number of methoxy groups -OCH3 is 2. The summed E-state index contributed by atoms with van der Waals surface area (Å²) in [6.45, 7) is 0. The Morgan fingerprint density at radius 1 is 1.08 bits per heavy atom. The van der Waals surface area contributed by atoms with Crippen LogP contribution < -0.4 is 14.8 Å². The number of hydrogen-bond acceptors (Lipinski definition) is 4. The minimum absolute atomic E-state index is 0.00388. The zero-order valence-electron chi connectivity index (χ0n) is 12.7. The number of carboxylic acid groups (broad SMARTS) is 1. The average molecular weight is 354 g/mol. The largest absolute Gasteiger partial charge is 0.493 e. The first-order valence-corrected chi connectivity index (χ1v) is 7.01. The first-order valence-electron chi connectivity index (χ1n) is 6.63. The van der Waals surface area contributed by atoms with Crippen molar-refractivity contribution in [3.05, 3.63) is 52.3 Å². The minimum Gasteiger partial charge on any atom is -0.493 e. The summed E-state index contributed by atoms with van der Waals surface area (Å²) >= 11 is 5.84. The molecule has 0 spiro atoms. The van der Waals surface area contributed by atoms with Crippen LogP contribution in [-0.4, -0.2) is 31.2 Å². The highest BCUT2D eigenvalue weighted by Crippen LogP contribution is 2.34. The molecule has 0 unspecified atom stereocenters. The van der Waals surface area contributed by atoms with Crippen LogP contribution in [0.15, 0.2) is 30.3 Å². The van der Waals surface area contributed by atoms with E-state index in [9.17, 15) is 19.1 Å². The molecule has 0 radical (unpaired) electrons. The van der Waals surface area contributed by atoms with E-state index in [0.29, 0.717) is 0 Å². The SMILES string of the molecule is COc1cc(NC(=O)c2ccc(F)cc2Cl)c(C(=O)O)cc1OC. The van der Waals surface area contributed by atoms with Crippen LogP contribution in [0.1, 0.15) is 20.7 Å². The second kappa shape index (κ2) is 7.18. The molecule has 0 fully saturated rings. The number of rotatable bonds is 5. The molecule has 0 aliphatic rings. The number of nitrogens with one attached hydrogen (secondary N) is 1. The lowest BCUT2D eigenvalue weighted by Gasteiger charge is -2.14. The molecule has 0 aliphatic heterocycles. The van der Waals surface area contributed by atoms with Crippen molar-refractivity contribution in [1.82, 2.24) is 0 Å². The highest BCUT2D eigenvalue weighted by molar-refractivity contribution is 6.34. The third kappa shape index (κ3) is 3.57. The van der Waals surface area contributed by atoms with Crippen molar-refractivity contribution in [2.75, 3.05) is 19.5 Å². The number of amides is 1. The monoisotopic (exact) mass is 353 g/mol. The molecule has 24 heavy (non-hydrogen) atoms. The predicted molar refractivity (Wildman–Crippen MR) is 85.9 cm³/mol. The van der Waals surface area contributed by atoms with E-state index >= 15 is 0 Å².